The molecule has 0 aromatic heterocycles. The van der Waals surface area contributed by atoms with E-state index in [1.54, 1.807) is 43.5 Å². The molecule has 3 aromatic rings. The number of carbonyl (C=O) groups is 3. The average Bonchev–Trinajstić information content (AvgIpc) is 2.97. The van der Waals surface area contributed by atoms with E-state index in [-0.39, 0.29) is 36.8 Å². The maximum absolute atomic E-state index is 13.4. The number of carbonyl (C=O) groups excluding carboxylic acids is 3. The number of halogens is 1. The molecule has 0 saturated carbocycles. The number of benzene rings is 3. The molecule has 0 aliphatic carbocycles. The highest BCUT2D eigenvalue weighted by molar-refractivity contribution is 5.95. The summed E-state index contributed by atoms with van der Waals surface area (Å²) < 4.78 is 18.5. The van der Waals surface area contributed by atoms with E-state index in [9.17, 15) is 18.8 Å². The maximum Gasteiger partial charge on any atom is 0.318 e. The molecule has 0 atom stereocenters. The summed E-state index contributed by atoms with van der Waals surface area (Å²) in [5.41, 5.74) is 2.46. The summed E-state index contributed by atoms with van der Waals surface area (Å²) >= 11 is 0. The maximum atomic E-state index is 13.4. The Balaban J connectivity index is 1.32. The van der Waals surface area contributed by atoms with Gasteiger partial charge in [0.05, 0.1) is 7.11 Å². The minimum Gasteiger partial charge on any atom is -0.497 e. The van der Waals surface area contributed by atoms with Crippen molar-refractivity contribution in [3.8, 4) is 5.75 Å². The molecule has 1 fully saturated rings. The van der Waals surface area contributed by atoms with E-state index in [4.69, 9.17) is 4.74 Å². The van der Waals surface area contributed by atoms with E-state index in [0.717, 1.165) is 5.69 Å². The molecular weight excluding hydrogens is 537 g/mol. The molecule has 4 rings (SSSR count). The van der Waals surface area contributed by atoms with Crippen molar-refractivity contribution in [1.29, 1.82) is 0 Å². The van der Waals surface area contributed by atoms with Gasteiger partial charge in [-0.3, -0.25) is 9.59 Å². The van der Waals surface area contributed by atoms with Gasteiger partial charge >= 0.3 is 6.03 Å². The molecule has 9 nitrogen and oxygen atoms in total. The van der Waals surface area contributed by atoms with Crippen molar-refractivity contribution in [3.63, 3.8) is 0 Å². The van der Waals surface area contributed by atoms with Gasteiger partial charge in [-0.25, -0.2) is 9.18 Å². The number of nitrogens with zero attached hydrogens (tertiary/aromatic N) is 3. The minimum atomic E-state index is -0.487. The molecule has 1 heterocycles. The number of methoxy groups -OCH3 is 1. The predicted molar refractivity (Wildman–Crippen MR) is 161 cm³/mol. The Morgan fingerprint density at radius 2 is 1.50 bits per heavy atom. The van der Waals surface area contributed by atoms with Gasteiger partial charge in [-0.05, 0) is 87.0 Å². The number of hydrogen-bond donors (Lipinski definition) is 2. The Labute approximate surface area is 246 Å². The molecule has 2 N–H and O–H groups in total. The fourth-order valence-corrected chi connectivity index (χ4v) is 4.62. The largest absolute Gasteiger partial charge is 0.497 e. The van der Waals surface area contributed by atoms with E-state index in [2.05, 4.69) is 15.5 Å². The monoisotopic (exact) mass is 575 g/mol. The molecule has 222 valence electrons. The zero-order valence-corrected chi connectivity index (χ0v) is 24.5. The first-order valence-electron chi connectivity index (χ1n) is 13.9. The lowest BCUT2D eigenvalue weighted by Crippen LogP contribution is -2.50. The molecule has 10 heteroatoms. The quantitative estimate of drug-likeness (QED) is 0.405. The van der Waals surface area contributed by atoms with Gasteiger partial charge in [0.15, 0.2) is 0 Å². The van der Waals surface area contributed by atoms with Gasteiger partial charge in [-0.15, -0.1) is 0 Å². The first-order valence-corrected chi connectivity index (χ1v) is 13.9. The standard InChI is InChI=1S/C32H38FN5O4/c1-32(2,3)35-31(41)38(21-23-5-9-25(33)10-6-23)22-29(39)34-26-11-13-27(14-12-26)36-17-19-37(20-18-36)30(40)24-7-15-28(42-4)16-8-24/h5-16H,17-22H2,1-4H3,(H,34,39)(H,35,41). The zero-order valence-electron chi connectivity index (χ0n) is 24.5. The summed E-state index contributed by atoms with van der Waals surface area (Å²) in [4.78, 5) is 44.2. The van der Waals surface area contributed by atoms with Gasteiger partial charge in [0.25, 0.3) is 5.91 Å². The van der Waals surface area contributed by atoms with Gasteiger partial charge < -0.3 is 30.1 Å². The number of anilines is 2. The van der Waals surface area contributed by atoms with Gasteiger partial charge in [0, 0.05) is 55.2 Å². The number of amides is 4. The van der Waals surface area contributed by atoms with Crippen LogP contribution in [0.3, 0.4) is 0 Å². The van der Waals surface area contributed by atoms with Crippen LogP contribution in [0.4, 0.5) is 20.6 Å². The van der Waals surface area contributed by atoms with Crippen LogP contribution >= 0.6 is 0 Å². The summed E-state index contributed by atoms with van der Waals surface area (Å²) in [5, 5.41) is 5.75. The molecule has 3 aromatic carbocycles. The van der Waals surface area contributed by atoms with Crippen LogP contribution < -0.4 is 20.3 Å². The second-order valence-electron chi connectivity index (χ2n) is 11.3. The summed E-state index contributed by atoms with van der Waals surface area (Å²) in [6, 6.07) is 20.1. The summed E-state index contributed by atoms with van der Waals surface area (Å²) in [5.74, 6) is -0.00137. The third kappa shape index (κ3) is 8.45. The van der Waals surface area contributed by atoms with Crippen LogP contribution in [0.1, 0.15) is 36.7 Å². The first kappa shape index (κ1) is 30.4. The van der Waals surface area contributed by atoms with E-state index < -0.39 is 5.54 Å². The number of ether oxygens (including phenoxy) is 1. The summed E-state index contributed by atoms with van der Waals surface area (Å²) in [6.45, 7) is 8.15. The number of rotatable bonds is 8. The molecule has 0 unspecified atom stereocenters. The normalized spacial score (nSPS) is 13.4. The lowest BCUT2D eigenvalue weighted by Gasteiger charge is -2.36. The highest BCUT2D eigenvalue weighted by atomic mass is 19.1. The SMILES string of the molecule is COc1ccc(C(=O)N2CCN(c3ccc(NC(=O)CN(Cc4ccc(F)cc4)C(=O)NC(C)(C)C)cc3)CC2)cc1. The van der Waals surface area contributed by atoms with Crippen LogP contribution in [0.2, 0.25) is 0 Å². The predicted octanol–water partition coefficient (Wildman–Crippen LogP) is 4.75. The number of nitrogens with one attached hydrogen (secondary N) is 2. The Hall–Kier alpha value is -4.60. The molecule has 1 saturated heterocycles. The highest BCUT2D eigenvalue weighted by Crippen LogP contribution is 2.21. The van der Waals surface area contributed by atoms with Gasteiger partial charge in [0.2, 0.25) is 5.91 Å². The molecular formula is C32H38FN5O4. The molecule has 1 aliphatic rings. The van der Waals surface area contributed by atoms with E-state index in [1.165, 1.54) is 17.0 Å². The lowest BCUT2D eigenvalue weighted by molar-refractivity contribution is -0.116. The van der Waals surface area contributed by atoms with E-state index >= 15 is 0 Å². The molecule has 42 heavy (non-hydrogen) atoms. The summed E-state index contributed by atoms with van der Waals surface area (Å²) in [7, 11) is 1.59. The number of piperazine rings is 1. The second kappa shape index (κ2) is 13.4. The molecule has 1 aliphatic heterocycles. The van der Waals surface area contributed by atoms with Crippen molar-refractivity contribution in [3.05, 3.63) is 89.7 Å². The average molecular weight is 576 g/mol. The van der Waals surface area contributed by atoms with E-state index in [0.29, 0.717) is 48.7 Å². The number of urea groups is 1. The fourth-order valence-electron chi connectivity index (χ4n) is 4.62. The zero-order chi connectivity index (χ0) is 30.3. The van der Waals surface area contributed by atoms with Crippen LogP contribution in [0.25, 0.3) is 0 Å². The Morgan fingerprint density at radius 1 is 0.881 bits per heavy atom. The van der Waals surface area contributed by atoms with Crippen molar-refractivity contribution in [2.75, 3.05) is 50.1 Å². The van der Waals surface area contributed by atoms with E-state index in [1.807, 2.05) is 49.9 Å². The molecule has 4 amide bonds. The highest BCUT2D eigenvalue weighted by Gasteiger charge is 2.24. The summed E-state index contributed by atoms with van der Waals surface area (Å²) in [6.07, 6.45) is 0. The minimum absolute atomic E-state index is 0.0000157. The van der Waals surface area contributed by atoms with Crippen LogP contribution in [0.5, 0.6) is 5.75 Å². The van der Waals surface area contributed by atoms with Crippen molar-refractivity contribution in [1.82, 2.24) is 15.1 Å². The number of hydrogen-bond acceptors (Lipinski definition) is 5. The van der Waals surface area contributed by atoms with Crippen LogP contribution in [0, 0.1) is 5.82 Å². The molecule has 0 bridgehead atoms. The van der Waals surface area contributed by atoms with Crippen molar-refractivity contribution >= 4 is 29.2 Å². The molecule has 0 radical (unpaired) electrons. The molecule has 0 spiro atoms. The third-order valence-corrected chi connectivity index (χ3v) is 6.81. The van der Waals surface area contributed by atoms with Gasteiger partial charge in [0.1, 0.15) is 18.1 Å². The van der Waals surface area contributed by atoms with Crippen molar-refractivity contribution in [2.24, 2.45) is 0 Å². The Kier molecular flexibility index (Phi) is 9.67. The van der Waals surface area contributed by atoms with Crippen LogP contribution in [-0.4, -0.2) is 73.0 Å². The first-order chi connectivity index (χ1) is 20.0. The topological polar surface area (TPSA) is 94.2 Å². The third-order valence-electron chi connectivity index (χ3n) is 6.81. The second-order valence-corrected chi connectivity index (χ2v) is 11.3. The Morgan fingerprint density at radius 3 is 2.07 bits per heavy atom. The fraction of sp³-hybridized carbons (Fsp3) is 0.344. The van der Waals surface area contributed by atoms with Crippen molar-refractivity contribution < 1.29 is 23.5 Å². The van der Waals surface area contributed by atoms with Gasteiger partial charge in [-0.2, -0.15) is 0 Å². The van der Waals surface area contributed by atoms with Crippen LogP contribution in [0.15, 0.2) is 72.8 Å². The van der Waals surface area contributed by atoms with Crippen LogP contribution in [-0.2, 0) is 11.3 Å². The van der Waals surface area contributed by atoms with Gasteiger partial charge in [-0.1, -0.05) is 12.1 Å². The van der Waals surface area contributed by atoms with Crippen molar-refractivity contribution in [2.45, 2.75) is 32.9 Å². The lowest BCUT2D eigenvalue weighted by atomic mass is 10.1. The smallest absolute Gasteiger partial charge is 0.318 e. The Bertz CT molecular complexity index is 1360.